The minimum atomic E-state index is -0.0676. The fourth-order valence-corrected chi connectivity index (χ4v) is 4.75. The molecule has 0 radical (unpaired) electrons. The Balaban J connectivity index is 1.25. The molecular weight excluding hydrogens is 452 g/mol. The van der Waals surface area contributed by atoms with Crippen LogP contribution in [0.3, 0.4) is 0 Å². The van der Waals surface area contributed by atoms with Crippen LogP contribution in [-0.4, -0.2) is 14.5 Å². The van der Waals surface area contributed by atoms with Crippen LogP contribution in [-0.2, 0) is 11.3 Å². The molecule has 0 aliphatic carbocycles. The van der Waals surface area contributed by atoms with Gasteiger partial charge in [0.2, 0.25) is 0 Å². The van der Waals surface area contributed by atoms with Crippen molar-refractivity contribution in [2.24, 2.45) is 0 Å². The Morgan fingerprint density at radius 2 is 1.72 bits per heavy atom. The van der Waals surface area contributed by atoms with Gasteiger partial charge in [-0.15, -0.1) is 0 Å². The van der Waals surface area contributed by atoms with Crippen molar-refractivity contribution >= 4 is 16.9 Å². The topological polar surface area (TPSA) is 84.4 Å². The average molecular weight is 479 g/mol. The molecule has 1 aliphatic heterocycles. The Kier molecular flexibility index (Phi) is 5.54. The van der Waals surface area contributed by atoms with Gasteiger partial charge in [0.1, 0.15) is 40.7 Å². The SMILES string of the molecule is CC1OCc2c1c1ncnc(N)c1n2-c1ccc(Oc2cccc(O[C@H](C)c3ccccc3)c2)cc1. The van der Waals surface area contributed by atoms with Gasteiger partial charge in [0.05, 0.1) is 18.4 Å². The van der Waals surface area contributed by atoms with Gasteiger partial charge >= 0.3 is 0 Å². The van der Waals surface area contributed by atoms with E-state index in [0.717, 1.165) is 39.3 Å². The summed E-state index contributed by atoms with van der Waals surface area (Å²) in [6.07, 6.45) is 1.39. The second-order valence-electron chi connectivity index (χ2n) is 8.85. The van der Waals surface area contributed by atoms with Gasteiger partial charge < -0.3 is 24.5 Å². The lowest BCUT2D eigenvalue weighted by Crippen LogP contribution is -2.03. The Morgan fingerprint density at radius 3 is 2.53 bits per heavy atom. The summed E-state index contributed by atoms with van der Waals surface area (Å²) in [6, 6.07) is 25.7. The Labute approximate surface area is 209 Å². The van der Waals surface area contributed by atoms with Crippen LogP contribution in [0.15, 0.2) is 85.2 Å². The lowest BCUT2D eigenvalue weighted by atomic mass is 10.1. The van der Waals surface area contributed by atoms with Crippen molar-refractivity contribution in [2.75, 3.05) is 5.73 Å². The number of nitrogen functional groups attached to an aromatic ring is 1. The molecule has 0 fully saturated rings. The van der Waals surface area contributed by atoms with E-state index in [4.69, 9.17) is 19.9 Å². The molecule has 1 unspecified atom stereocenters. The molecule has 5 aromatic rings. The van der Waals surface area contributed by atoms with Gasteiger partial charge in [-0.1, -0.05) is 36.4 Å². The number of rotatable bonds is 6. The number of benzene rings is 3. The highest BCUT2D eigenvalue weighted by Gasteiger charge is 2.30. The van der Waals surface area contributed by atoms with Gasteiger partial charge in [0.15, 0.2) is 5.82 Å². The standard InChI is InChI=1S/C29H26N4O3/c1-18(20-7-4-3-5-8-20)35-23-9-6-10-24(15-23)36-22-13-11-21(12-14-22)33-25-16-34-19(2)26(25)27-28(33)29(30)32-17-31-27/h3-15,17-19H,16H2,1-2H3,(H2,30,31,32)/t18-,19?/m1/s1. The van der Waals surface area contributed by atoms with E-state index in [2.05, 4.69) is 26.7 Å². The second-order valence-corrected chi connectivity index (χ2v) is 8.85. The summed E-state index contributed by atoms with van der Waals surface area (Å²) in [5.41, 5.74) is 12.1. The summed E-state index contributed by atoms with van der Waals surface area (Å²) in [5, 5.41) is 0. The number of fused-ring (bicyclic) bond motifs is 3. The van der Waals surface area contributed by atoms with Crippen molar-refractivity contribution in [3.63, 3.8) is 0 Å². The number of hydrogen-bond donors (Lipinski definition) is 1. The molecule has 36 heavy (non-hydrogen) atoms. The number of nitrogens with zero attached hydrogens (tertiary/aromatic N) is 3. The van der Waals surface area contributed by atoms with Crippen LogP contribution >= 0.6 is 0 Å². The van der Waals surface area contributed by atoms with Crippen molar-refractivity contribution < 1.29 is 14.2 Å². The molecule has 180 valence electrons. The predicted molar refractivity (Wildman–Crippen MR) is 138 cm³/mol. The molecule has 0 bridgehead atoms. The van der Waals surface area contributed by atoms with E-state index in [1.54, 1.807) is 0 Å². The first-order valence-electron chi connectivity index (χ1n) is 11.9. The van der Waals surface area contributed by atoms with Crippen molar-refractivity contribution in [3.8, 4) is 22.9 Å². The third kappa shape index (κ3) is 3.93. The van der Waals surface area contributed by atoms with E-state index in [1.807, 2.05) is 80.6 Å². The molecule has 1 aliphatic rings. The number of aromatic nitrogens is 3. The largest absolute Gasteiger partial charge is 0.486 e. The fourth-order valence-electron chi connectivity index (χ4n) is 4.75. The quantitative estimate of drug-likeness (QED) is 0.299. The van der Waals surface area contributed by atoms with E-state index >= 15 is 0 Å². The fraction of sp³-hybridized carbons (Fsp3) is 0.172. The van der Waals surface area contributed by atoms with E-state index in [0.29, 0.717) is 23.9 Å². The van der Waals surface area contributed by atoms with Gasteiger partial charge in [-0.05, 0) is 55.8 Å². The lowest BCUT2D eigenvalue weighted by molar-refractivity contribution is 0.0783. The molecule has 2 aromatic heterocycles. The van der Waals surface area contributed by atoms with E-state index in [9.17, 15) is 0 Å². The first-order chi connectivity index (χ1) is 17.6. The number of hydrogen-bond acceptors (Lipinski definition) is 6. The maximum atomic E-state index is 6.27. The molecule has 0 saturated heterocycles. The van der Waals surface area contributed by atoms with Crippen molar-refractivity contribution in [1.82, 2.24) is 14.5 Å². The molecule has 0 saturated carbocycles. The average Bonchev–Trinajstić information content (AvgIpc) is 3.44. The summed E-state index contributed by atoms with van der Waals surface area (Å²) in [5.74, 6) is 2.62. The molecule has 0 amide bonds. The van der Waals surface area contributed by atoms with Crippen LogP contribution in [0.2, 0.25) is 0 Å². The molecule has 3 heterocycles. The van der Waals surface area contributed by atoms with E-state index in [-0.39, 0.29) is 12.2 Å². The highest BCUT2D eigenvalue weighted by Crippen LogP contribution is 2.41. The predicted octanol–water partition coefficient (Wildman–Crippen LogP) is 6.53. The zero-order valence-electron chi connectivity index (χ0n) is 20.1. The summed E-state index contributed by atoms with van der Waals surface area (Å²) >= 11 is 0. The van der Waals surface area contributed by atoms with Gasteiger partial charge in [0.25, 0.3) is 0 Å². The molecule has 7 nitrogen and oxygen atoms in total. The number of anilines is 1. The maximum Gasteiger partial charge on any atom is 0.151 e. The Bertz CT molecular complexity index is 1530. The highest BCUT2D eigenvalue weighted by atomic mass is 16.5. The Morgan fingerprint density at radius 1 is 0.944 bits per heavy atom. The molecule has 2 N–H and O–H groups in total. The van der Waals surface area contributed by atoms with Crippen LogP contribution in [0.1, 0.15) is 42.9 Å². The molecule has 7 heteroatoms. The molecule has 2 atom stereocenters. The smallest absolute Gasteiger partial charge is 0.151 e. The highest BCUT2D eigenvalue weighted by molar-refractivity contribution is 5.91. The van der Waals surface area contributed by atoms with Crippen LogP contribution in [0.25, 0.3) is 16.7 Å². The summed E-state index contributed by atoms with van der Waals surface area (Å²) < 4.78 is 20.2. The normalized spacial score (nSPS) is 15.6. The third-order valence-corrected chi connectivity index (χ3v) is 6.50. The van der Waals surface area contributed by atoms with Crippen LogP contribution in [0.5, 0.6) is 17.2 Å². The number of ether oxygens (including phenoxy) is 3. The molecule has 3 aromatic carbocycles. The first-order valence-corrected chi connectivity index (χ1v) is 11.9. The second kappa shape index (κ2) is 9.02. The van der Waals surface area contributed by atoms with Gasteiger partial charge in [-0.2, -0.15) is 0 Å². The van der Waals surface area contributed by atoms with Gasteiger partial charge in [-0.3, -0.25) is 0 Å². The van der Waals surface area contributed by atoms with Crippen molar-refractivity contribution in [2.45, 2.75) is 32.7 Å². The van der Waals surface area contributed by atoms with Crippen LogP contribution in [0, 0.1) is 0 Å². The maximum absolute atomic E-state index is 6.27. The summed E-state index contributed by atoms with van der Waals surface area (Å²) in [4.78, 5) is 8.72. The minimum Gasteiger partial charge on any atom is -0.486 e. The summed E-state index contributed by atoms with van der Waals surface area (Å²) in [7, 11) is 0. The summed E-state index contributed by atoms with van der Waals surface area (Å²) in [6.45, 7) is 4.56. The van der Waals surface area contributed by atoms with Crippen molar-refractivity contribution in [3.05, 3.63) is 102 Å². The monoisotopic (exact) mass is 478 g/mol. The molecular formula is C29H26N4O3. The van der Waals surface area contributed by atoms with Gasteiger partial charge in [0, 0.05) is 17.3 Å². The molecule has 0 spiro atoms. The minimum absolute atomic E-state index is 0.0419. The third-order valence-electron chi connectivity index (χ3n) is 6.50. The number of nitrogens with two attached hydrogens (primary N) is 1. The Hall–Kier alpha value is -4.36. The zero-order valence-corrected chi connectivity index (χ0v) is 20.1. The van der Waals surface area contributed by atoms with E-state index < -0.39 is 0 Å². The van der Waals surface area contributed by atoms with Crippen LogP contribution < -0.4 is 15.2 Å². The lowest BCUT2D eigenvalue weighted by Gasteiger charge is -2.16. The van der Waals surface area contributed by atoms with Gasteiger partial charge in [-0.25, -0.2) is 9.97 Å². The van der Waals surface area contributed by atoms with E-state index in [1.165, 1.54) is 6.33 Å². The molecule has 6 rings (SSSR count). The zero-order chi connectivity index (χ0) is 24.6. The first kappa shape index (κ1) is 22.1. The van der Waals surface area contributed by atoms with Crippen LogP contribution in [0.4, 0.5) is 5.82 Å². The van der Waals surface area contributed by atoms with Crippen molar-refractivity contribution in [1.29, 1.82) is 0 Å².